The third kappa shape index (κ3) is 4.11. The fraction of sp³-hybridized carbons (Fsp3) is 0.167. The van der Waals surface area contributed by atoms with E-state index < -0.39 is 0 Å². The summed E-state index contributed by atoms with van der Waals surface area (Å²) >= 11 is 0. The van der Waals surface area contributed by atoms with Crippen molar-refractivity contribution < 1.29 is 5.11 Å². The van der Waals surface area contributed by atoms with Gasteiger partial charge in [0.1, 0.15) is 5.75 Å². The van der Waals surface area contributed by atoms with Gasteiger partial charge >= 0.3 is 0 Å². The number of rotatable bonds is 5. The van der Waals surface area contributed by atoms with Crippen LogP contribution in [0.15, 0.2) is 60.9 Å². The fourth-order valence-electron chi connectivity index (χ4n) is 2.40. The molecule has 3 rings (SSSR count). The van der Waals surface area contributed by atoms with Gasteiger partial charge in [0.15, 0.2) is 0 Å². The predicted octanol–water partition coefficient (Wildman–Crippen LogP) is 2.88. The first kappa shape index (κ1) is 15.1. The SMILES string of the molecule is CN(Cc1ccccn1)Cc1cc(O)cc(-c2ccccn2)n1. The molecule has 0 aliphatic carbocycles. The average Bonchev–Trinajstić information content (AvgIpc) is 2.56. The Bertz CT molecular complexity index is 762. The summed E-state index contributed by atoms with van der Waals surface area (Å²) in [6.45, 7) is 1.34. The van der Waals surface area contributed by atoms with Crippen molar-refractivity contribution in [1.29, 1.82) is 0 Å². The van der Waals surface area contributed by atoms with Crippen LogP contribution in [-0.4, -0.2) is 32.0 Å². The van der Waals surface area contributed by atoms with Crippen molar-refractivity contribution in [2.45, 2.75) is 13.1 Å². The van der Waals surface area contributed by atoms with E-state index in [0.29, 0.717) is 12.2 Å². The zero-order valence-corrected chi connectivity index (χ0v) is 12.9. The van der Waals surface area contributed by atoms with Crippen LogP contribution in [-0.2, 0) is 13.1 Å². The van der Waals surface area contributed by atoms with E-state index in [2.05, 4.69) is 19.9 Å². The maximum absolute atomic E-state index is 9.96. The first-order valence-electron chi connectivity index (χ1n) is 7.40. The van der Waals surface area contributed by atoms with E-state index in [1.54, 1.807) is 24.5 Å². The first-order valence-corrected chi connectivity index (χ1v) is 7.40. The molecule has 0 spiro atoms. The molecule has 0 bridgehead atoms. The van der Waals surface area contributed by atoms with Crippen LogP contribution in [0.2, 0.25) is 0 Å². The summed E-state index contributed by atoms with van der Waals surface area (Å²) in [4.78, 5) is 15.3. The average molecular weight is 306 g/mol. The number of hydrogen-bond acceptors (Lipinski definition) is 5. The highest BCUT2D eigenvalue weighted by atomic mass is 16.3. The molecular formula is C18H18N4O. The van der Waals surface area contributed by atoms with Crippen LogP contribution in [0.3, 0.4) is 0 Å². The number of pyridine rings is 3. The molecule has 3 heterocycles. The molecule has 0 atom stereocenters. The Balaban J connectivity index is 1.76. The standard InChI is InChI=1S/C18H18N4O/c1-22(12-14-6-2-4-8-19-14)13-15-10-16(23)11-18(21-15)17-7-3-5-9-20-17/h2-11H,12-13H2,1H3,(H,21,23). The van der Waals surface area contributed by atoms with Crippen molar-refractivity contribution in [3.8, 4) is 17.1 Å². The molecular weight excluding hydrogens is 288 g/mol. The second-order valence-corrected chi connectivity index (χ2v) is 5.41. The summed E-state index contributed by atoms with van der Waals surface area (Å²) in [6.07, 6.45) is 3.50. The van der Waals surface area contributed by atoms with Crippen molar-refractivity contribution in [3.63, 3.8) is 0 Å². The van der Waals surface area contributed by atoms with E-state index in [1.165, 1.54) is 0 Å². The topological polar surface area (TPSA) is 62.1 Å². The third-order valence-electron chi connectivity index (χ3n) is 3.38. The summed E-state index contributed by atoms with van der Waals surface area (Å²) in [5.41, 5.74) is 3.22. The number of aromatic hydroxyl groups is 1. The molecule has 0 aliphatic heterocycles. The lowest BCUT2D eigenvalue weighted by Crippen LogP contribution is -2.18. The zero-order chi connectivity index (χ0) is 16.1. The van der Waals surface area contributed by atoms with Gasteiger partial charge in [-0.3, -0.25) is 14.9 Å². The number of nitrogens with zero attached hydrogens (tertiary/aromatic N) is 4. The molecule has 1 N–H and O–H groups in total. The van der Waals surface area contributed by atoms with E-state index >= 15 is 0 Å². The molecule has 3 aromatic rings. The van der Waals surface area contributed by atoms with Gasteiger partial charge in [-0.15, -0.1) is 0 Å². The Hall–Kier alpha value is -2.79. The molecule has 0 saturated carbocycles. The number of hydrogen-bond donors (Lipinski definition) is 1. The largest absolute Gasteiger partial charge is 0.508 e. The normalized spacial score (nSPS) is 10.9. The van der Waals surface area contributed by atoms with Gasteiger partial charge < -0.3 is 5.11 Å². The van der Waals surface area contributed by atoms with Crippen molar-refractivity contribution in [2.75, 3.05) is 7.05 Å². The molecule has 0 fully saturated rings. The first-order chi connectivity index (χ1) is 11.2. The van der Waals surface area contributed by atoms with E-state index in [0.717, 1.165) is 23.6 Å². The van der Waals surface area contributed by atoms with Gasteiger partial charge in [0, 0.05) is 37.6 Å². The van der Waals surface area contributed by atoms with Crippen molar-refractivity contribution in [1.82, 2.24) is 19.9 Å². The minimum atomic E-state index is 0.196. The van der Waals surface area contributed by atoms with Gasteiger partial charge in [0.25, 0.3) is 0 Å². The minimum Gasteiger partial charge on any atom is -0.508 e. The quantitative estimate of drug-likeness (QED) is 0.785. The van der Waals surface area contributed by atoms with Crippen LogP contribution in [0.25, 0.3) is 11.4 Å². The van der Waals surface area contributed by atoms with E-state index in [1.807, 2.05) is 43.4 Å². The molecule has 5 nitrogen and oxygen atoms in total. The minimum absolute atomic E-state index is 0.196. The Morgan fingerprint density at radius 3 is 2.30 bits per heavy atom. The second kappa shape index (κ2) is 6.98. The summed E-state index contributed by atoms with van der Waals surface area (Å²) in [5, 5.41) is 9.96. The second-order valence-electron chi connectivity index (χ2n) is 5.41. The zero-order valence-electron chi connectivity index (χ0n) is 12.9. The molecule has 0 amide bonds. The predicted molar refractivity (Wildman–Crippen MR) is 88.5 cm³/mol. The highest BCUT2D eigenvalue weighted by molar-refractivity contribution is 5.56. The maximum atomic E-state index is 9.96. The third-order valence-corrected chi connectivity index (χ3v) is 3.38. The lowest BCUT2D eigenvalue weighted by molar-refractivity contribution is 0.310. The fourth-order valence-corrected chi connectivity index (χ4v) is 2.40. The molecule has 23 heavy (non-hydrogen) atoms. The molecule has 0 radical (unpaired) electrons. The van der Waals surface area contributed by atoms with Gasteiger partial charge in [-0.25, -0.2) is 4.98 Å². The van der Waals surface area contributed by atoms with Crippen molar-refractivity contribution in [2.24, 2.45) is 0 Å². The molecule has 116 valence electrons. The van der Waals surface area contributed by atoms with Crippen LogP contribution in [0.1, 0.15) is 11.4 Å². The van der Waals surface area contributed by atoms with Crippen LogP contribution in [0, 0.1) is 0 Å². The molecule has 0 unspecified atom stereocenters. The van der Waals surface area contributed by atoms with Gasteiger partial charge in [-0.2, -0.15) is 0 Å². The Kier molecular flexibility index (Phi) is 4.59. The Morgan fingerprint density at radius 1 is 0.870 bits per heavy atom. The molecule has 0 saturated heterocycles. The smallest absolute Gasteiger partial charge is 0.119 e. The lowest BCUT2D eigenvalue weighted by Gasteiger charge is -2.16. The van der Waals surface area contributed by atoms with E-state index in [4.69, 9.17) is 0 Å². The van der Waals surface area contributed by atoms with Crippen LogP contribution in [0.5, 0.6) is 5.75 Å². The molecule has 5 heteroatoms. The van der Waals surface area contributed by atoms with Crippen LogP contribution < -0.4 is 0 Å². The highest BCUT2D eigenvalue weighted by Crippen LogP contribution is 2.21. The van der Waals surface area contributed by atoms with Crippen LogP contribution in [0.4, 0.5) is 0 Å². The van der Waals surface area contributed by atoms with Gasteiger partial charge in [0.2, 0.25) is 0 Å². The monoisotopic (exact) mass is 306 g/mol. The Labute approximate surface area is 135 Å². The van der Waals surface area contributed by atoms with Crippen LogP contribution >= 0.6 is 0 Å². The van der Waals surface area contributed by atoms with Crippen molar-refractivity contribution >= 4 is 0 Å². The molecule has 0 aliphatic rings. The van der Waals surface area contributed by atoms with Gasteiger partial charge in [-0.1, -0.05) is 12.1 Å². The Morgan fingerprint density at radius 2 is 1.61 bits per heavy atom. The maximum Gasteiger partial charge on any atom is 0.119 e. The molecule has 0 aromatic carbocycles. The van der Waals surface area contributed by atoms with E-state index in [-0.39, 0.29) is 5.75 Å². The van der Waals surface area contributed by atoms with E-state index in [9.17, 15) is 5.11 Å². The highest BCUT2D eigenvalue weighted by Gasteiger charge is 2.08. The van der Waals surface area contributed by atoms with Gasteiger partial charge in [-0.05, 0) is 31.3 Å². The summed E-state index contributed by atoms with van der Waals surface area (Å²) in [5.74, 6) is 0.196. The summed E-state index contributed by atoms with van der Waals surface area (Å²) in [7, 11) is 2.00. The summed E-state index contributed by atoms with van der Waals surface area (Å²) in [6, 6.07) is 14.8. The lowest BCUT2D eigenvalue weighted by atomic mass is 10.2. The molecule has 3 aromatic heterocycles. The van der Waals surface area contributed by atoms with Gasteiger partial charge in [0.05, 0.1) is 22.8 Å². The number of aromatic nitrogens is 3. The van der Waals surface area contributed by atoms with Crippen molar-refractivity contribution in [3.05, 3.63) is 72.3 Å². The summed E-state index contributed by atoms with van der Waals surface area (Å²) < 4.78 is 0.